The summed E-state index contributed by atoms with van der Waals surface area (Å²) >= 11 is 0. The number of nitrogens with one attached hydrogen (secondary N) is 3. The standard InChI is InChI=1S/C12H15N3O3/c1-8-5-6-9(12(18)15-8)11(17)14-7-3-4-10(16)13-2/h3-6H,7H2,1-2H3,(H,13,16)(H,14,17)(H,15,18)/b4-3+. The van der Waals surface area contributed by atoms with Crippen molar-refractivity contribution in [3.8, 4) is 0 Å². The average molecular weight is 249 g/mol. The Hall–Kier alpha value is -2.37. The summed E-state index contributed by atoms with van der Waals surface area (Å²) in [6.45, 7) is 1.91. The minimum atomic E-state index is -0.474. The van der Waals surface area contributed by atoms with Gasteiger partial charge in [-0.05, 0) is 19.1 Å². The van der Waals surface area contributed by atoms with Crippen LogP contribution in [0.25, 0.3) is 0 Å². The highest BCUT2D eigenvalue weighted by atomic mass is 16.2. The first-order valence-electron chi connectivity index (χ1n) is 5.41. The van der Waals surface area contributed by atoms with Crippen molar-refractivity contribution in [3.63, 3.8) is 0 Å². The summed E-state index contributed by atoms with van der Waals surface area (Å²) in [6.07, 6.45) is 2.80. The van der Waals surface area contributed by atoms with Gasteiger partial charge in [0.05, 0.1) is 0 Å². The fourth-order valence-corrected chi connectivity index (χ4v) is 1.25. The molecule has 1 heterocycles. The van der Waals surface area contributed by atoms with Gasteiger partial charge in [0.25, 0.3) is 11.5 Å². The highest BCUT2D eigenvalue weighted by Crippen LogP contribution is 1.93. The zero-order chi connectivity index (χ0) is 13.5. The average Bonchev–Trinajstić information content (AvgIpc) is 2.34. The van der Waals surface area contributed by atoms with E-state index in [0.717, 1.165) is 0 Å². The fourth-order valence-electron chi connectivity index (χ4n) is 1.25. The summed E-state index contributed by atoms with van der Waals surface area (Å²) < 4.78 is 0. The Morgan fingerprint density at radius 1 is 1.39 bits per heavy atom. The maximum Gasteiger partial charge on any atom is 0.260 e. The summed E-state index contributed by atoms with van der Waals surface area (Å²) in [5.74, 6) is -0.727. The van der Waals surface area contributed by atoms with Crippen LogP contribution in [0.2, 0.25) is 0 Å². The maximum atomic E-state index is 11.6. The molecule has 0 aliphatic heterocycles. The largest absolute Gasteiger partial charge is 0.356 e. The van der Waals surface area contributed by atoms with Crippen molar-refractivity contribution in [2.75, 3.05) is 13.6 Å². The van der Waals surface area contributed by atoms with Gasteiger partial charge in [0.1, 0.15) is 5.56 Å². The van der Waals surface area contributed by atoms with Gasteiger partial charge in [-0.2, -0.15) is 0 Å². The predicted molar refractivity (Wildman–Crippen MR) is 67.3 cm³/mol. The second kappa shape index (κ2) is 6.39. The van der Waals surface area contributed by atoms with E-state index >= 15 is 0 Å². The van der Waals surface area contributed by atoms with Crippen LogP contribution in [0.3, 0.4) is 0 Å². The van der Waals surface area contributed by atoms with Gasteiger partial charge in [0.15, 0.2) is 0 Å². The Morgan fingerprint density at radius 3 is 2.72 bits per heavy atom. The second-order valence-electron chi connectivity index (χ2n) is 3.61. The number of aromatic amines is 1. The first-order valence-corrected chi connectivity index (χ1v) is 5.41. The minimum Gasteiger partial charge on any atom is -0.356 e. The van der Waals surface area contributed by atoms with E-state index in [1.54, 1.807) is 13.0 Å². The molecule has 18 heavy (non-hydrogen) atoms. The van der Waals surface area contributed by atoms with Crippen LogP contribution in [0, 0.1) is 6.92 Å². The number of carbonyl (C=O) groups is 2. The molecule has 0 spiro atoms. The van der Waals surface area contributed by atoms with E-state index in [1.165, 1.54) is 25.3 Å². The summed E-state index contributed by atoms with van der Waals surface area (Å²) in [5.41, 5.74) is 0.313. The zero-order valence-electron chi connectivity index (χ0n) is 10.2. The van der Waals surface area contributed by atoms with Gasteiger partial charge in [-0.15, -0.1) is 0 Å². The Balaban J connectivity index is 2.59. The molecule has 96 valence electrons. The number of rotatable bonds is 4. The summed E-state index contributed by atoms with van der Waals surface area (Å²) in [6, 6.07) is 3.11. The molecule has 0 atom stereocenters. The van der Waals surface area contributed by atoms with E-state index in [0.29, 0.717) is 5.69 Å². The monoisotopic (exact) mass is 249 g/mol. The first kappa shape index (κ1) is 13.7. The lowest BCUT2D eigenvalue weighted by Crippen LogP contribution is -2.30. The Kier molecular flexibility index (Phi) is 4.86. The third-order valence-electron chi connectivity index (χ3n) is 2.20. The third kappa shape index (κ3) is 3.89. The normalized spacial score (nSPS) is 10.3. The molecule has 0 aliphatic carbocycles. The maximum absolute atomic E-state index is 11.6. The van der Waals surface area contributed by atoms with Crippen molar-refractivity contribution in [1.29, 1.82) is 0 Å². The van der Waals surface area contributed by atoms with Gasteiger partial charge >= 0.3 is 0 Å². The first-order chi connectivity index (χ1) is 8.54. The van der Waals surface area contributed by atoms with Crippen LogP contribution in [0.15, 0.2) is 29.1 Å². The van der Waals surface area contributed by atoms with Gasteiger partial charge in [0, 0.05) is 25.4 Å². The minimum absolute atomic E-state index is 0.0499. The zero-order valence-corrected chi connectivity index (χ0v) is 10.2. The Bertz CT molecular complexity index is 532. The smallest absolute Gasteiger partial charge is 0.260 e. The molecular weight excluding hydrogens is 234 g/mol. The van der Waals surface area contributed by atoms with E-state index in [2.05, 4.69) is 15.6 Å². The van der Waals surface area contributed by atoms with Crippen molar-refractivity contribution in [3.05, 3.63) is 45.9 Å². The number of aryl methyl sites for hydroxylation is 1. The van der Waals surface area contributed by atoms with Crippen molar-refractivity contribution >= 4 is 11.8 Å². The topological polar surface area (TPSA) is 91.1 Å². The molecule has 2 amide bonds. The lowest BCUT2D eigenvalue weighted by molar-refractivity contribution is -0.116. The van der Waals surface area contributed by atoms with Gasteiger partial charge in [-0.3, -0.25) is 14.4 Å². The van der Waals surface area contributed by atoms with Crippen LogP contribution < -0.4 is 16.2 Å². The van der Waals surface area contributed by atoms with Gasteiger partial charge in [0.2, 0.25) is 5.91 Å². The van der Waals surface area contributed by atoms with E-state index < -0.39 is 11.5 Å². The van der Waals surface area contributed by atoms with Crippen LogP contribution in [0.5, 0.6) is 0 Å². The van der Waals surface area contributed by atoms with Crippen molar-refractivity contribution in [2.45, 2.75) is 6.92 Å². The lowest BCUT2D eigenvalue weighted by atomic mass is 10.2. The SMILES string of the molecule is CNC(=O)/C=C/CNC(=O)c1ccc(C)[nH]c1=O. The molecule has 1 rings (SSSR count). The van der Waals surface area contributed by atoms with Crippen LogP contribution in [-0.4, -0.2) is 30.4 Å². The number of hydrogen-bond donors (Lipinski definition) is 3. The lowest BCUT2D eigenvalue weighted by Gasteiger charge is -2.01. The Labute approximate surface area is 104 Å². The molecule has 1 aromatic rings. The van der Waals surface area contributed by atoms with Crippen molar-refractivity contribution in [1.82, 2.24) is 15.6 Å². The molecule has 0 saturated carbocycles. The summed E-state index contributed by atoms with van der Waals surface area (Å²) in [7, 11) is 1.51. The summed E-state index contributed by atoms with van der Waals surface area (Å²) in [4.78, 5) is 36.5. The molecule has 0 unspecified atom stereocenters. The summed E-state index contributed by atoms with van der Waals surface area (Å²) in [5, 5.41) is 4.92. The molecule has 0 bridgehead atoms. The molecule has 6 heteroatoms. The van der Waals surface area contributed by atoms with Gasteiger partial charge in [-0.1, -0.05) is 6.08 Å². The number of hydrogen-bond acceptors (Lipinski definition) is 3. The molecular formula is C12H15N3O3. The van der Waals surface area contributed by atoms with E-state index in [1.807, 2.05) is 0 Å². The molecule has 6 nitrogen and oxygen atoms in total. The van der Waals surface area contributed by atoms with Crippen LogP contribution in [0.4, 0.5) is 0 Å². The van der Waals surface area contributed by atoms with E-state index in [9.17, 15) is 14.4 Å². The number of pyridine rings is 1. The Morgan fingerprint density at radius 2 is 2.11 bits per heavy atom. The number of carbonyl (C=O) groups excluding carboxylic acids is 2. The molecule has 0 saturated heterocycles. The van der Waals surface area contributed by atoms with Crippen molar-refractivity contribution < 1.29 is 9.59 Å². The second-order valence-corrected chi connectivity index (χ2v) is 3.61. The van der Waals surface area contributed by atoms with Crippen molar-refractivity contribution in [2.24, 2.45) is 0 Å². The molecule has 0 fully saturated rings. The number of aromatic nitrogens is 1. The molecule has 0 aliphatic rings. The molecule has 0 aromatic carbocycles. The van der Waals surface area contributed by atoms with E-state index in [-0.39, 0.29) is 18.0 Å². The van der Waals surface area contributed by atoms with Crippen LogP contribution in [-0.2, 0) is 4.79 Å². The van der Waals surface area contributed by atoms with Gasteiger partial charge < -0.3 is 15.6 Å². The van der Waals surface area contributed by atoms with Gasteiger partial charge in [-0.25, -0.2) is 0 Å². The fraction of sp³-hybridized carbons (Fsp3) is 0.250. The predicted octanol–water partition coefficient (Wildman–Crippen LogP) is -0.285. The number of H-pyrrole nitrogens is 1. The van der Waals surface area contributed by atoms with Crippen LogP contribution >= 0.6 is 0 Å². The number of likely N-dealkylation sites (N-methyl/N-ethyl adjacent to an activating group) is 1. The highest BCUT2D eigenvalue weighted by molar-refractivity contribution is 5.94. The molecule has 0 radical (unpaired) electrons. The highest BCUT2D eigenvalue weighted by Gasteiger charge is 2.08. The quantitative estimate of drug-likeness (QED) is 0.641. The van der Waals surface area contributed by atoms with Crippen LogP contribution in [0.1, 0.15) is 16.1 Å². The number of amides is 2. The molecule has 3 N–H and O–H groups in total. The van der Waals surface area contributed by atoms with E-state index in [4.69, 9.17) is 0 Å². The third-order valence-corrected chi connectivity index (χ3v) is 2.20. The molecule has 1 aromatic heterocycles.